The number of hydrogen-bond acceptors (Lipinski definition) is 4. The second-order valence-corrected chi connectivity index (χ2v) is 4.42. The molecule has 0 amide bonds. The largest absolute Gasteiger partial charge is 0.367 e. The summed E-state index contributed by atoms with van der Waals surface area (Å²) in [5.74, 6) is -0.0775. The van der Waals surface area contributed by atoms with Crippen LogP contribution in [-0.2, 0) is 0 Å². The molecule has 0 bridgehead atoms. The molecule has 0 aromatic heterocycles. The molecule has 5 heteroatoms. The van der Waals surface area contributed by atoms with Crippen LogP contribution >= 0.6 is 0 Å². The highest BCUT2D eigenvalue weighted by molar-refractivity contribution is 5.99. The van der Waals surface area contributed by atoms with Crippen molar-refractivity contribution in [1.29, 1.82) is 0 Å². The minimum absolute atomic E-state index is 0.0158. The zero-order valence-corrected chi connectivity index (χ0v) is 11.0. The Kier molecular flexibility index (Phi) is 4.10. The topological polar surface area (TPSA) is 63.5 Å². The maximum absolute atomic E-state index is 12.1. The van der Waals surface area contributed by atoms with Crippen LogP contribution in [0.2, 0.25) is 0 Å². The highest BCUT2D eigenvalue weighted by atomic mass is 16.6. The molecule has 0 saturated heterocycles. The molecule has 0 N–H and O–H groups in total. The van der Waals surface area contributed by atoms with Gasteiger partial charge in [-0.3, -0.25) is 14.9 Å². The Labute approximate surface area is 116 Å². The average Bonchev–Trinajstić information content (AvgIpc) is 2.48. The summed E-state index contributed by atoms with van der Waals surface area (Å²) in [7, 11) is 1.83. The molecule has 20 heavy (non-hydrogen) atoms. The average molecular weight is 270 g/mol. The molecular formula is C15H14N2O3. The fraction of sp³-hybridized carbons (Fsp3) is 0.133. The number of ketones is 1. The molecule has 0 atom stereocenters. The molecule has 0 aliphatic carbocycles. The number of carbonyl (C=O) groups excluding carboxylic acids is 1. The number of Topliss-reactive ketones (excluding diaryl/α,β-unsaturated/α-hetero) is 1. The number of nitrogens with zero attached hydrogens (tertiary/aromatic N) is 2. The number of anilines is 1. The maximum Gasteiger partial charge on any atom is 0.269 e. The van der Waals surface area contributed by atoms with Crippen molar-refractivity contribution in [1.82, 2.24) is 0 Å². The number of para-hydroxylation sites is 1. The molecule has 2 aromatic rings. The summed E-state index contributed by atoms with van der Waals surface area (Å²) in [6, 6.07) is 15.2. The van der Waals surface area contributed by atoms with Gasteiger partial charge in [-0.25, -0.2) is 0 Å². The Morgan fingerprint density at radius 1 is 1.10 bits per heavy atom. The third-order valence-corrected chi connectivity index (χ3v) is 2.98. The van der Waals surface area contributed by atoms with E-state index in [1.807, 2.05) is 42.3 Å². The number of non-ortho nitro benzene ring substituents is 1. The van der Waals surface area contributed by atoms with Crippen LogP contribution in [0.15, 0.2) is 54.6 Å². The van der Waals surface area contributed by atoms with Gasteiger partial charge in [-0.1, -0.05) is 18.2 Å². The first-order valence-electron chi connectivity index (χ1n) is 6.12. The molecule has 0 spiro atoms. The van der Waals surface area contributed by atoms with E-state index in [9.17, 15) is 14.9 Å². The zero-order chi connectivity index (χ0) is 14.5. The van der Waals surface area contributed by atoms with E-state index < -0.39 is 4.92 Å². The van der Waals surface area contributed by atoms with Gasteiger partial charge in [0.15, 0.2) is 5.78 Å². The number of hydrogen-bond donors (Lipinski definition) is 0. The van der Waals surface area contributed by atoms with Crippen LogP contribution in [0.25, 0.3) is 0 Å². The predicted octanol–water partition coefficient (Wildman–Crippen LogP) is 2.91. The maximum atomic E-state index is 12.1. The van der Waals surface area contributed by atoms with Crippen LogP contribution in [0.1, 0.15) is 10.4 Å². The number of rotatable bonds is 5. The van der Waals surface area contributed by atoms with Crippen molar-refractivity contribution in [2.45, 2.75) is 0 Å². The first-order valence-corrected chi connectivity index (χ1v) is 6.12. The van der Waals surface area contributed by atoms with Gasteiger partial charge in [0.1, 0.15) is 0 Å². The van der Waals surface area contributed by atoms with Crippen molar-refractivity contribution >= 4 is 17.2 Å². The normalized spacial score (nSPS) is 10.1. The molecule has 0 aliphatic heterocycles. The first kappa shape index (κ1) is 13.7. The van der Waals surface area contributed by atoms with Crippen LogP contribution in [0.4, 0.5) is 11.4 Å². The first-order chi connectivity index (χ1) is 9.58. The lowest BCUT2D eigenvalue weighted by Gasteiger charge is -2.18. The van der Waals surface area contributed by atoms with Gasteiger partial charge in [0.2, 0.25) is 0 Å². The van der Waals surface area contributed by atoms with Crippen molar-refractivity contribution in [2.24, 2.45) is 0 Å². The third-order valence-electron chi connectivity index (χ3n) is 2.98. The van der Waals surface area contributed by atoms with Gasteiger partial charge >= 0.3 is 0 Å². The second-order valence-electron chi connectivity index (χ2n) is 4.42. The van der Waals surface area contributed by atoms with Gasteiger partial charge in [0.25, 0.3) is 5.69 Å². The van der Waals surface area contributed by atoms with E-state index in [1.165, 1.54) is 24.3 Å². The number of likely N-dealkylation sites (N-methyl/N-ethyl adjacent to an activating group) is 1. The van der Waals surface area contributed by atoms with Gasteiger partial charge in [-0.2, -0.15) is 0 Å². The summed E-state index contributed by atoms with van der Waals surface area (Å²) in [6.07, 6.45) is 0. The molecule has 0 radical (unpaired) electrons. The fourth-order valence-corrected chi connectivity index (χ4v) is 1.85. The number of carbonyl (C=O) groups is 1. The van der Waals surface area contributed by atoms with E-state index in [0.29, 0.717) is 5.56 Å². The van der Waals surface area contributed by atoms with Crippen molar-refractivity contribution in [2.75, 3.05) is 18.5 Å². The van der Waals surface area contributed by atoms with Crippen molar-refractivity contribution in [3.05, 3.63) is 70.3 Å². The standard InChI is InChI=1S/C15H14N2O3/c1-16(13-5-3-2-4-6-13)11-15(18)12-7-9-14(10-8-12)17(19)20/h2-10H,11H2,1H3. The van der Waals surface area contributed by atoms with Crippen molar-refractivity contribution in [3.63, 3.8) is 0 Å². The molecule has 0 aliphatic rings. The Balaban J connectivity index is 2.06. The highest BCUT2D eigenvalue weighted by Gasteiger charge is 2.12. The molecule has 102 valence electrons. The van der Waals surface area contributed by atoms with E-state index >= 15 is 0 Å². The van der Waals surface area contributed by atoms with E-state index in [4.69, 9.17) is 0 Å². The number of benzene rings is 2. The molecule has 0 saturated carbocycles. The van der Waals surface area contributed by atoms with Crippen LogP contribution in [0.5, 0.6) is 0 Å². The summed E-state index contributed by atoms with van der Waals surface area (Å²) in [5, 5.41) is 10.6. The van der Waals surface area contributed by atoms with Gasteiger partial charge in [-0.05, 0) is 24.3 Å². The molecule has 5 nitrogen and oxygen atoms in total. The molecule has 2 aromatic carbocycles. The van der Waals surface area contributed by atoms with Crippen molar-refractivity contribution < 1.29 is 9.72 Å². The summed E-state index contributed by atoms with van der Waals surface area (Å²) < 4.78 is 0. The lowest BCUT2D eigenvalue weighted by molar-refractivity contribution is -0.384. The molecule has 2 rings (SSSR count). The minimum Gasteiger partial charge on any atom is -0.367 e. The SMILES string of the molecule is CN(CC(=O)c1ccc([N+](=O)[O-])cc1)c1ccccc1. The van der Waals surface area contributed by atoms with Crippen LogP contribution in [0, 0.1) is 10.1 Å². The zero-order valence-electron chi connectivity index (χ0n) is 11.0. The number of nitro benzene ring substituents is 1. The van der Waals surface area contributed by atoms with E-state index in [-0.39, 0.29) is 18.0 Å². The van der Waals surface area contributed by atoms with Gasteiger partial charge < -0.3 is 4.90 Å². The second kappa shape index (κ2) is 5.97. The van der Waals surface area contributed by atoms with Crippen LogP contribution < -0.4 is 4.90 Å². The van der Waals surface area contributed by atoms with Crippen LogP contribution in [0.3, 0.4) is 0 Å². The summed E-state index contributed by atoms with van der Waals surface area (Å²) in [5.41, 5.74) is 1.40. The predicted molar refractivity (Wildman–Crippen MR) is 77.1 cm³/mol. The van der Waals surface area contributed by atoms with Crippen molar-refractivity contribution in [3.8, 4) is 0 Å². The van der Waals surface area contributed by atoms with Gasteiger partial charge in [0, 0.05) is 30.4 Å². The molecule has 0 fully saturated rings. The minimum atomic E-state index is -0.482. The van der Waals surface area contributed by atoms with Crippen LogP contribution in [-0.4, -0.2) is 24.3 Å². The lowest BCUT2D eigenvalue weighted by atomic mass is 10.1. The lowest BCUT2D eigenvalue weighted by Crippen LogP contribution is -2.25. The summed E-state index contributed by atoms with van der Waals surface area (Å²) >= 11 is 0. The van der Waals surface area contributed by atoms with E-state index in [2.05, 4.69) is 0 Å². The summed E-state index contributed by atoms with van der Waals surface area (Å²) in [4.78, 5) is 24.0. The quantitative estimate of drug-likeness (QED) is 0.476. The third kappa shape index (κ3) is 3.20. The Morgan fingerprint density at radius 3 is 2.25 bits per heavy atom. The molecular weight excluding hydrogens is 256 g/mol. The Hall–Kier alpha value is -2.69. The number of nitro groups is 1. The fourth-order valence-electron chi connectivity index (χ4n) is 1.85. The highest BCUT2D eigenvalue weighted by Crippen LogP contribution is 2.15. The van der Waals surface area contributed by atoms with Gasteiger partial charge in [-0.15, -0.1) is 0 Å². The Morgan fingerprint density at radius 2 is 1.70 bits per heavy atom. The Bertz CT molecular complexity index is 609. The monoisotopic (exact) mass is 270 g/mol. The summed E-state index contributed by atoms with van der Waals surface area (Å²) in [6.45, 7) is 0.224. The molecule has 0 unspecified atom stereocenters. The van der Waals surface area contributed by atoms with E-state index in [0.717, 1.165) is 5.69 Å². The van der Waals surface area contributed by atoms with Gasteiger partial charge in [0.05, 0.1) is 11.5 Å². The smallest absolute Gasteiger partial charge is 0.269 e. The van der Waals surface area contributed by atoms with E-state index in [1.54, 1.807) is 0 Å². The molecule has 0 heterocycles.